The first-order valence-electron chi connectivity index (χ1n) is 12.3. The molecule has 0 radical (unpaired) electrons. The van der Waals surface area contributed by atoms with Gasteiger partial charge in [0, 0.05) is 29.9 Å². The fourth-order valence-electron chi connectivity index (χ4n) is 4.45. The van der Waals surface area contributed by atoms with Gasteiger partial charge in [-0.1, -0.05) is 36.9 Å². The van der Waals surface area contributed by atoms with E-state index in [4.69, 9.17) is 12.2 Å². The van der Waals surface area contributed by atoms with Gasteiger partial charge in [0.25, 0.3) is 5.91 Å². The second-order valence-electron chi connectivity index (χ2n) is 8.62. The predicted octanol–water partition coefficient (Wildman–Crippen LogP) is 2.37. The van der Waals surface area contributed by atoms with E-state index in [-0.39, 0.29) is 36.9 Å². The second kappa shape index (κ2) is 9.30. The zero-order valence-corrected chi connectivity index (χ0v) is 18.7. The molecule has 2 fully saturated rings. The van der Waals surface area contributed by atoms with Crippen molar-refractivity contribution in [2.75, 3.05) is 19.8 Å². The number of rotatable bonds is 6. The lowest BCUT2D eigenvalue weighted by Crippen LogP contribution is -2.49. The Morgan fingerprint density at radius 2 is 2.06 bits per heavy atom. The van der Waals surface area contributed by atoms with Gasteiger partial charge in [-0.3, -0.25) is 14.4 Å². The normalized spacial score (nSPS) is 22.2. The number of piperidine rings is 1. The van der Waals surface area contributed by atoms with Gasteiger partial charge in [0.15, 0.2) is 0 Å². The van der Waals surface area contributed by atoms with Gasteiger partial charge in [-0.25, -0.2) is 0 Å². The molecule has 3 heterocycles. The molecule has 3 amide bonds. The Labute approximate surface area is 200 Å². The van der Waals surface area contributed by atoms with Crippen molar-refractivity contribution in [2.45, 2.75) is 38.6 Å². The number of hydrogen-bond donors (Lipinski definition) is 1. The smallest absolute Gasteiger partial charge is 0.255 e. The highest BCUT2D eigenvalue weighted by Crippen LogP contribution is 2.34. The van der Waals surface area contributed by atoms with E-state index >= 15 is 0 Å². The van der Waals surface area contributed by atoms with Crippen LogP contribution in [0.5, 0.6) is 5.75 Å². The van der Waals surface area contributed by atoms with Crippen LogP contribution in [0.4, 0.5) is 0 Å². The van der Waals surface area contributed by atoms with Crippen LogP contribution in [0.2, 0.25) is 0 Å². The van der Waals surface area contributed by atoms with Gasteiger partial charge in [0.1, 0.15) is 25.0 Å². The number of nitrogens with zero attached hydrogens (tertiary/aromatic N) is 2. The minimum atomic E-state index is -1.19. The number of carbonyl (C=O) groups is 3. The number of ether oxygens (including phenoxy) is 2. The average Bonchev–Trinajstić information content (AvgIpc) is 3.18. The summed E-state index contributed by atoms with van der Waals surface area (Å²) < 4.78 is 28.1. The maximum atomic E-state index is 13.1. The van der Waals surface area contributed by atoms with Gasteiger partial charge in [0.2, 0.25) is 11.8 Å². The first-order valence-corrected chi connectivity index (χ1v) is 11.3. The second-order valence-corrected chi connectivity index (χ2v) is 8.62. The third kappa shape index (κ3) is 4.41. The summed E-state index contributed by atoms with van der Waals surface area (Å²) in [6, 6.07) is 9.73. The van der Waals surface area contributed by atoms with Crippen LogP contribution in [0.15, 0.2) is 54.7 Å². The van der Waals surface area contributed by atoms with Gasteiger partial charge < -0.3 is 24.6 Å². The molecule has 0 bridgehead atoms. The molecule has 1 N–H and O–H groups in total. The standard InChI is InChI=1S/C26H27N3O5/c1-17-5-10-22(25(31)27-17)29-14-21-20(26(29)32)3-2-4-23(21)34-15-19-8-6-18(7-9-19)13-28-11-12-33-16-24(28)30/h2-4,6-9,22H,1,5,10-16H2,(H,27,31)/i8D,15D. The lowest BCUT2D eigenvalue weighted by Gasteiger charge is -2.31. The molecule has 3 aliphatic rings. The largest absolute Gasteiger partial charge is 0.489 e. The lowest BCUT2D eigenvalue weighted by molar-refractivity contribution is -0.143. The molecule has 2 aromatic carbocycles. The molecule has 5 rings (SSSR count). The average molecular weight is 464 g/mol. The zero-order valence-electron chi connectivity index (χ0n) is 20.7. The molecule has 2 aromatic rings. The van der Waals surface area contributed by atoms with Crippen molar-refractivity contribution >= 4 is 17.7 Å². The van der Waals surface area contributed by atoms with Crippen molar-refractivity contribution in [1.82, 2.24) is 15.1 Å². The van der Waals surface area contributed by atoms with Crippen LogP contribution in [0.3, 0.4) is 0 Å². The first kappa shape index (κ1) is 19.8. The Morgan fingerprint density at radius 3 is 2.85 bits per heavy atom. The summed E-state index contributed by atoms with van der Waals surface area (Å²) >= 11 is 0. The van der Waals surface area contributed by atoms with Gasteiger partial charge in [-0.2, -0.15) is 0 Å². The lowest BCUT2D eigenvalue weighted by atomic mass is 10.0. The Morgan fingerprint density at radius 1 is 1.21 bits per heavy atom. The molecule has 8 nitrogen and oxygen atoms in total. The Kier molecular flexibility index (Phi) is 5.42. The van der Waals surface area contributed by atoms with Crippen LogP contribution in [0, 0.1) is 0 Å². The van der Waals surface area contributed by atoms with E-state index in [0.717, 1.165) is 5.56 Å². The van der Waals surface area contributed by atoms with E-state index in [2.05, 4.69) is 11.9 Å². The Bertz CT molecular complexity index is 1250. The van der Waals surface area contributed by atoms with Crippen LogP contribution in [-0.2, 0) is 34.0 Å². The SMILES string of the molecule is [2H]c1cc(CN2CCOCC2=O)ccc1C([2H])Oc1cccc2c1CN(C1CCC(=C)NC1=O)C2=O. The van der Waals surface area contributed by atoms with Gasteiger partial charge in [-0.15, -0.1) is 0 Å². The number of hydrogen-bond acceptors (Lipinski definition) is 5. The monoisotopic (exact) mass is 463 g/mol. The fraction of sp³-hybridized carbons (Fsp3) is 0.346. The molecule has 34 heavy (non-hydrogen) atoms. The molecular weight excluding hydrogens is 434 g/mol. The number of fused-ring (bicyclic) bond motifs is 1. The number of nitrogens with one attached hydrogen (secondary N) is 1. The number of benzene rings is 2. The van der Waals surface area contributed by atoms with Crippen molar-refractivity contribution in [1.29, 1.82) is 0 Å². The summed E-state index contributed by atoms with van der Waals surface area (Å²) in [5, 5.41) is 2.72. The summed E-state index contributed by atoms with van der Waals surface area (Å²) in [5.74, 6) is -0.194. The first-order chi connectivity index (χ1) is 17.3. The molecular formula is C26H27N3O5. The van der Waals surface area contributed by atoms with E-state index in [1.807, 2.05) is 0 Å². The van der Waals surface area contributed by atoms with Crippen LogP contribution in [-0.4, -0.2) is 53.3 Å². The number of amides is 3. The molecule has 176 valence electrons. The van der Waals surface area contributed by atoms with Crippen molar-refractivity contribution in [2.24, 2.45) is 0 Å². The highest BCUT2D eigenvalue weighted by atomic mass is 16.5. The highest BCUT2D eigenvalue weighted by Gasteiger charge is 2.39. The van der Waals surface area contributed by atoms with Gasteiger partial charge in [0.05, 0.1) is 15.9 Å². The Balaban J connectivity index is 1.30. The van der Waals surface area contributed by atoms with E-state index in [1.165, 1.54) is 4.90 Å². The van der Waals surface area contributed by atoms with Crippen LogP contribution >= 0.6 is 0 Å². The molecule has 0 aromatic heterocycles. The fourth-order valence-corrected chi connectivity index (χ4v) is 4.45. The molecule has 0 aliphatic carbocycles. The summed E-state index contributed by atoms with van der Waals surface area (Å²) in [6.45, 7) is 4.25. The Hall–Kier alpha value is -3.65. The van der Waals surface area contributed by atoms with Gasteiger partial charge in [-0.05, 0) is 36.1 Å². The van der Waals surface area contributed by atoms with Crippen molar-refractivity contribution in [3.63, 3.8) is 0 Å². The van der Waals surface area contributed by atoms with E-state index < -0.39 is 12.6 Å². The maximum absolute atomic E-state index is 13.1. The predicted molar refractivity (Wildman–Crippen MR) is 124 cm³/mol. The quantitative estimate of drug-likeness (QED) is 0.711. The van der Waals surface area contributed by atoms with E-state index in [0.29, 0.717) is 60.7 Å². The molecule has 8 heteroatoms. The summed E-state index contributed by atoms with van der Waals surface area (Å²) in [5.41, 5.74) is 2.90. The minimum absolute atomic E-state index is 0.0660. The van der Waals surface area contributed by atoms with Crippen molar-refractivity contribution in [3.8, 4) is 5.75 Å². The number of carbonyl (C=O) groups excluding carboxylic acids is 3. The molecule has 0 spiro atoms. The molecule has 3 aliphatic heterocycles. The molecule has 2 saturated heterocycles. The molecule has 0 saturated carbocycles. The van der Waals surface area contributed by atoms with Crippen molar-refractivity contribution in [3.05, 3.63) is 77.0 Å². The number of allylic oxidation sites excluding steroid dienone is 1. The van der Waals surface area contributed by atoms with Crippen LogP contribution < -0.4 is 10.1 Å². The maximum Gasteiger partial charge on any atom is 0.255 e. The molecule has 2 atom stereocenters. The zero-order chi connectivity index (χ0) is 25.4. The molecule has 2 unspecified atom stereocenters. The summed E-state index contributed by atoms with van der Waals surface area (Å²) in [6.07, 6.45) is 1.11. The summed E-state index contributed by atoms with van der Waals surface area (Å²) in [7, 11) is 0. The minimum Gasteiger partial charge on any atom is -0.489 e. The van der Waals surface area contributed by atoms with Crippen LogP contribution in [0.25, 0.3) is 0 Å². The van der Waals surface area contributed by atoms with Gasteiger partial charge >= 0.3 is 0 Å². The van der Waals surface area contributed by atoms with Crippen molar-refractivity contribution < 1.29 is 26.6 Å². The highest BCUT2D eigenvalue weighted by molar-refractivity contribution is 6.02. The summed E-state index contributed by atoms with van der Waals surface area (Å²) in [4.78, 5) is 40.7. The third-order valence-electron chi connectivity index (χ3n) is 6.32. The van der Waals surface area contributed by atoms with E-state index in [1.54, 1.807) is 41.3 Å². The van der Waals surface area contributed by atoms with Crippen LogP contribution in [0.1, 0.15) is 42.6 Å². The van der Waals surface area contributed by atoms with E-state index in [9.17, 15) is 14.4 Å². The number of morpholine rings is 1. The topological polar surface area (TPSA) is 88.2 Å². The third-order valence-corrected chi connectivity index (χ3v) is 6.32.